The molecule has 2 N–H and O–H groups in total. The third-order valence-corrected chi connectivity index (χ3v) is 4.02. The summed E-state index contributed by atoms with van der Waals surface area (Å²) in [6, 6.07) is 7.00. The molecular weight excluding hydrogens is 290 g/mol. The van der Waals surface area contributed by atoms with E-state index >= 15 is 0 Å². The first kappa shape index (κ1) is 15.2. The van der Waals surface area contributed by atoms with E-state index in [-0.39, 0.29) is 13.2 Å². The summed E-state index contributed by atoms with van der Waals surface area (Å²) in [6.07, 6.45) is -1.65. The van der Waals surface area contributed by atoms with E-state index in [4.69, 9.17) is 19.7 Å². The van der Waals surface area contributed by atoms with E-state index in [0.29, 0.717) is 6.61 Å². The number of fused-ring (bicyclic) bond motifs is 2. The van der Waals surface area contributed by atoms with Crippen LogP contribution >= 0.6 is 0 Å². The minimum absolute atomic E-state index is 0.0483. The smallest absolute Gasteiger partial charge is 0.218 e. The van der Waals surface area contributed by atoms with Crippen LogP contribution in [0.2, 0.25) is 0 Å². The summed E-state index contributed by atoms with van der Waals surface area (Å²) in [5.41, 5.74) is 10.6. The van der Waals surface area contributed by atoms with Gasteiger partial charge in [-0.05, 0) is 16.7 Å². The molecule has 8 nitrogen and oxygen atoms in total. The summed E-state index contributed by atoms with van der Waals surface area (Å²) in [5.74, 6) is -1.88. The Morgan fingerprint density at radius 3 is 2.59 bits per heavy atom. The van der Waals surface area contributed by atoms with Crippen molar-refractivity contribution in [2.75, 3.05) is 13.2 Å². The molecular formula is C14H17N3O5. The number of rotatable bonds is 2. The van der Waals surface area contributed by atoms with Crippen molar-refractivity contribution in [1.29, 1.82) is 0 Å². The van der Waals surface area contributed by atoms with Crippen LogP contribution in [0.1, 0.15) is 11.1 Å². The molecule has 1 aromatic carbocycles. The van der Waals surface area contributed by atoms with E-state index in [0.717, 1.165) is 11.1 Å². The SMILES string of the molecule is [N-]=[N+]=N[C@H]1CO[C@](O)(CO)[C@H]2OCc3ccccc3CO[C@H]12. The fourth-order valence-corrected chi connectivity index (χ4v) is 2.79. The minimum atomic E-state index is -1.88. The normalized spacial score (nSPS) is 34.5. The number of ether oxygens (including phenoxy) is 3. The second kappa shape index (κ2) is 6.21. The highest BCUT2D eigenvalue weighted by molar-refractivity contribution is 5.26. The Morgan fingerprint density at radius 1 is 1.27 bits per heavy atom. The second-order valence-electron chi connectivity index (χ2n) is 5.36. The van der Waals surface area contributed by atoms with Crippen LogP contribution in [0.15, 0.2) is 29.4 Å². The Morgan fingerprint density at radius 2 is 1.95 bits per heavy atom. The van der Waals surface area contributed by atoms with Gasteiger partial charge in [0.2, 0.25) is 5.79 Å². The quantitative estimate of drug-likeness (QED) is 0.477. The molecule has 2 heterocycles. The average molecular weight is 307 g/mol. The van der Waals surface area contributed by atoms with Crippen LogP contribution in [0.25, 0.3) is 10.4 Å². The van der Waals surface area contributed by atoms with Crippen molar-refractivity contribution < 1.29 is 24.4 Å². The second-order valence-corrected chi connectivity index (χ2v) is 5.36. The van der Waals surface area contributed by atoms with Crippen LogP contribution in [0, 0.1) is 0 Å². The van der Waals surface area contributed by atoms with E-state index in [1.54, 1.807) is 0 Å². The fraction of sp³-hybridized carbons (Fsp3) is 0.571. The average Bonchev–Trinajstić information content (AvgIpc) is 2.52. The number of benzene rings is 1. The van der Waals surface area contributed by atoms with E-state index in [1.807, 2.05) is 24.3 Å². The van der Waals surface area contributed by atoms with Crippen molar-refractivity contribution in [3.8, 4) is 0 Å². The number of aliphatic hydroxyl groups is 2. The van der Waals surface area contributed by atoms with Gasteiger partial charge in [0, 0.05) is 4.91 Å². The van der Waals surface area contributed by atoms with E-state index in [9.17, 15) is 10.2 Å². The summed E-state index contributed by atoms with van der Waals surface area (Å²) in [6.45, 7) is -0.134. The molecule has 0 aromatic heterocycles. The minimum Gasteiger partial charge on any atom is -0.391 e. The molecule has 1 fully saturated rings. The predicted octanol–water partition coefficient (Wildman–Crippen LogP) is 0.861. The van der Waals surface area contributed by atoms with Gasteiger partial charge in [-0.3, -0.25) is 0 Å². The zero-order valence-electron chi connectivity index (χ0n) is 11.8. The highest BCUT2D eigenvalue weighted by Gasteiger charge is 2.51. The maximum atomic E-state index is 10.4. The van der Waals surface area contributed by atoms with Gasteiger partial charge in [-0.2, -0.15) is 0 Å². The Labute approximate surface area is 126 Å². The van der Waals surface area contributed by atoms with E-state index < -0.39 is 30.6 Å². The van der Waals surface area contributed by atoms with Gasteiger partial charge >= 0.3 is 0 Å². The summed E-state index contributed by atoms with van der Waals surface area (Å²) in [5, 5.41) is 23.5. The van der Waals surface area contributed by atoms with Gasteiger partial charge < -0.3 is 24.4 Å². The maximum absolute atomic E-state index is 10.4. The summed E-state index contributed by atoms with van der Waals surface area (Å²) < 4.78 is 16.9. The van der Waals surface area contributed by atoms with Crippen LogP contribution < -0.4 is 0 Å². The number of hydrogen-bond donors (Lipinski definition) is 2. The molecule has 0 radical (unpaired) electrons. The molecule has 0 aliphatic carbocycles. The lowest BCUT2D eigenvalue weighted by Gasteiger charge is -2.45. The summed E-state index contributed by atoms with van der Waals surface area (Å²) >= 11 is 0. The first-order valence-electron chi connectivity index (χ1n) is 6.99. The lowest BCUT2D eigenvalue weighted by Crippen LogP contribution is -2.64. The first-order valence-corrected chi connectivity index (χ1v) is 6.99. The van der Waals surface area contributed by atoms with Gasteiger partial charge in [0.25, 0.3) is 0 Å². The van der Waals surface area contributed by atoms with Crippen LogP contribution in [0.3, 0.4) is 0 Å². The van der Waals surface area contributed by atoms with Crippen molar-refractivity contribution in [3.63, 3.8) is 0 Å². The van der Waals surface area contributed by atoms with Crippen LogP contribution in [0.4, 0.5) is 0 Å². The van der Waals surface area contributed by atoms with Crippen LogP contribution in [-0.4, -0.2) is 47.5 Å². The highest BCUT2D eigenvalue weighted by Crippen LogP contribution is 2.33. The van der Waals surface area contributed by atoms with Gasteiger partial charge in [-0.25, -0.2) is 0 Å². The first-order chi connectivity index (χ1) is 10.7. The molecule has 8 heteroatoms. The highest BCUT2D eigenvalue weighted by atomic mass is 16.7. The number of hydrogen-bond acceptors (Lipinski definition) is 6. The zero-order chi connectivity index (χ0) is 15.6. The van der Waals surface area contributed by atoms with Crippen molar-refractivity contribution in [2.24, 2.45) is 5.11 Å². The van der Waals surface area contributed by atoms with E-state index in [2.05, 4.69) is 10.0 Å². The Balaban J connectivity index is 1.93. The summed E-state index contributed by atoms with van der Waals surface area (Å²) in [4.78, 5) is 2.79. The van der Waals surface area contributed by atoms with Crippen LogP contribution in [0.5, 0.6) is 0 Å². The molecule has 0 saturated carbocycles. The molecule has 0 amide bonds. The predicted molar refractivity (Wildman–Crippen MR) is 74.5 cm³/mol. The molecule has 2 aliphatic rings. The summed E-state index contributed by atoms with van der Waals surface area (Å²) in [7, 11) is 0. The molecule has 0 spiro atoms. The number of azide groups is 1. The molecule has 0 bridgehead atoms. The third kappa shape index (κ3) is 2.68. The largest absolute Gasteiger partial charge is 0.391 e. The third-order valence-electron chi connectivity index (χ3n) is 4.02. The standard InChI is InChI=1S/C14H17N3O5/c15-17-16-11-7-22-14(19,8-18)13-12(11)20-5-9-3-1-2-4-10(9)6-21-13/h1-4,11-13,18-19H,5-8H2/t11-,12+,13-,14+/m0/s1. The Bertz CT molecular complexity index is 592. The molecule has 1 saturated heterocycles. The van der Waals surface area contributed by atoms with Crippen LogP contribution in [-0.2, 0) is 27.4 Å². The maximum Gasteiger partial charge on any atom is 0.218 e. The molecule has 22 heavy (non-hydrogen) atoms. The zero-order valence-corrected chi connectivity index (χ0v) is 11.8. The van der Waals surface area contributed by atoms with Gasteiger partial charge in [-0.1, -0.05) is 29.4 Å². The molecule has 4 atom stereocenters. The number of aliphatic hydroxyl groups excluding tert-OH is 1. The Hall–Kier alpha value is -1.67. The van der Waals surface area contributed by atoms with Crippen molar-refractivity contribution in [2.45, 2.75) is 37.3 Å². The molecule has 3 rings (SSSR count). The van der Waals surface area contributed by atoms with Gasteiger partial charge in [0.1, 0.15) is 12.2 Å². The van der Waals surface area contributed by atoms with Crippen molar-refractivity contribution in [3.05, 3.63) is 45.8 Å². The molecule has 0 unspecified atom stereocenters. The lowest BCUT2D eigenvalue weighted by atomic mass is 9.94. The van der Waals surface area contributed by atoms with E-state index in [1.165, 1.54) is 0 Å². The molecule has 118 valence electrons. The monoisotopic (exact) mass is 307 g/mol. The van der Waals surface area contributed by atoms with Gasteiger partial charge in [0.15, 0.2) is 0 Å². The fourth-order valence-electron chi connectivity index (χ4n) is 2.79. The Kier molecular flexibility index (Phi) is 4.30. The van der Waals surface area contributed by atoms with Gasteiger partial charge in [0.05, 0.1) is 32.5 Å². The lowest BCUT2D eigenvalue weighted by molar-refractivity contribution is -0.334. The molecule has 1 aromatic rings. The number of nitrogens with zero attached hydrogens (tertiary/aromatic N) is 3. The van der Waals surface area contributed by atoms with Crippen molar-refractivity contribution in [1.82, 2.24) is 0 Å². The topological polar surface area (TPSA) is 117 Å². The molecule has 2 aliphatic heterocycles. The van der Waals surface area contributed by atoms with Gasteiger partial charge in [-0.15, -0.1) is 0 Å². The van der Waals surface area contributed by atoms with Crippen molar-refractivity contribution >= 4 is 0 Å².